The van der Waals surface area contributed by atoms with Gasteiger partial charge in [-0.3, -0.25) is 14.2 Å². The molecule has 1 amide bonds. The van der Waals surface area contributed by atoms with Crippen LogP contribution in [0.3, 0.4) is 0 Å². The van der Waals surface area contributed by atoms with Gasteiger partial charge in [0.2, 0.25) is 5.91 Å². The first-order valence-electron chi connectivity index (χ1n) is 9.11. The maximum Gasteiger partial charge on any atom is 0.270 e. The third-order valence-corrected chi connectivity index (χ3v) is 5.05. The molecule has 0 aliphatic carbocycles. The molecule has 0 atom stereocenters. The van der Waals surface area contributed by atoms with Crippen LogP contribution < -0.4 is 10.9 Å². The van der Waals surface area contributed by atoms with Crippen LogP contribution in [0, 0.1) is 5.82 Å². The molecular weight excluding hydrogens is 371 g/mol. The number of amides is 1. The summed E-state index contributed by atoms with van der Waals surface area (Å²) in [5, 5.41) is 2.79. The molecule has 1 aliphatic heterocycles. The normalized spacial score (nSPS) is 12.8. The van der Waals surface area contributed by atoms with Crippen molar-refractivity contribution in [3.8, 4) is 11.1 Å². The Labute approximate surface area is 164 Å². The van der Waals surface area contributed by atoms with E-state index in [1.165, 1.54) is 16.8 Å². The predicted molar refractivity (Wildman–Crippen MR) is 107 cm³/mol. The number of hydrogen-bond donors (Lipinski definition) is 1. The number of rotatable bonds is 3. The Bertz CT molecular complexity index is 1350. The lowest BCUT2D eigenvalue weighted by molar-refractivity contribution is -0.115. The van der Waals surface area contributed by atoms with Gasteiger partial charge in [-0.1, -0.05) is 18.2 Å². The van der Waals surface area contributed by atoms with E-state index in [2.05, 4.69) is 15.3 Å². The molecule has 0 radical (unpaired) electrons. The second-order valence-corrected chi connectivity index (χ2v) is 6.93. The molecule has 0 fully saturated rings. The van der Waals surface area contributed by atoms with E-state index < -0.39 is 5.82 Å². The summed E-state index contributed by atoms with van der Waals surface area (Å²) in [6.07, 6.45) is 3.12. The fourth-order valence-corrected chi connectivity index (χ4v) is 3.58. The Balaban J connectivity index is 1.50. The summed E-state index contributed by atoms with van der Waals surface area (Å²) in [7, 11) is 0. The van der Waals surface area contributed by atoms with E-state index in [4.69, 9.17) is 0 Å². The van der Waals surface area contributed by atoms with Gasteiger partial charge in [0, 0.05) is 17.4 Å². The highest BCUT2D eigenvalue weighted by atomic mass is 19.1. The number of pyridine rings is 1. The highest BCUT2D eigenvalue weighted by Gasteiger charge is 2.18. The second-order valence-electron chi connectivity index (χ2n) is 6.93. The minimum atomic E-state index is -0.412. The summed E-state index contributed by atoms with van der Waals surface area (Å²) in [5.41, 5.74) is 4.27. The maximum atomic E-state index is 14.9. The summed E-state index contributed by atoms with van der Waals surface area (Å²) in [4.78, 5) is 32.1. The molecule has 0 unspecified atom stereocenters. The number of benzene rings is 2. The van der Waals surface area contributed by atoms with Crippen molar-refractivity contribution < 1.29 is 9.18 Å². The van der Waals surface area contributed by atoms with E-state index >= 15 is 0 Å². The van der Waals surface area contributed by atoms with E-state index in [-0.39, 0.29) is 18.0 Å². The summed E-state index contributed by atoms with van der Waals surface area (Å²) < 4.78 is 16.3. The van der Waals surface area contributed by atoms with Crippen LogP contribution in [0.15, 0.2) is 65.7 Å². The predicted octanol–water partition coefficient (Wildman–Crippen LogP) is 3.14. The molecule has 2 aromatic carbocycles. The quantitative estimate of drug-likeness (QED) is 0.587. The number of nitrogens with one attached hydrogen (secondary N) is 1. The van der Waals surface area contributed by atoms with Crippen molar-refractivity contribution in [2.45, 2.75) is 13.0 Å². The molecule has 0 spiro atoms. The third kappa shape index (κ3) is 3.06. The number of aromatic nitrogens is 3. The Morgan fingerprint density at radius 2 is 1.86 bits per heavy atom. The van der Waals surface area contributed by atoms with Crippen LogP contribution in [-0.2, 0) is 17.8 Å². The number of anilines is 1. The molecule has 3 heterocycles. The average molecular weight is 386 g/mol. The highest BCUT2D eigenvalue weighted by Crippen LogP contribution is 2.30. The smallest absolute Gasteiger partial charge is 0.270 e. The van der Waals surface area contributed by atoms with Crippen molar-refractivity contribution in [3.05, 3.63) is 88.2 Å². The second kappa shape index (κ2) is 6.63. The van der Waals surface area contributed by atoms with E-state index in [0.29, 0.717) is 28.7 Å². The third-order valence-electron chi connectivity index (χ3n) is 5.05. The molecular formula is C22H15FN4O2. The van der Waals surface area contributed by atoms with Crippen LogP contribution in [0.4, 0.5) is 10.1 Å². The van der Waals surface area contributed by atoms with Crippen molar-refractivity contribution in [2.75, 3.05) is 5.32 Å². The van der Waals surface area contributed by atoms with Crippen LogP contribution in [0.5, 0.6) is 0 Å². The van der Waals surface area contributed by atoms with E-state index in [0.717, 1.165) is 16.8 Å². The molecule has 0 saturated heterocycles. The number of hydrogen-bond acceptors (Lipinski definition) is 4. The Morgan fingerprint density at radius 1 is 1.03 bits per heavy atom. The lowest BCUT2D eigenvalue weighted by Gasteiger charge is -2.11. The Kier molecular flexibility index (Phi) is 3.94. The number of halogens is 1. The van der Waals surface area contributed by atoms with Gasteiger partial charge in [0.15, 0.2) is 5.65 Å². The SMILES string of the molecule is O=C1Cc2cc(-c3ccc(Cn4c(=O)cnc5cccnc54)c(F)c3)ccc2N1. The summed E-state index contributed by atoms with van der Waals surface area (Å²) >= 11 is 0. The number of nitrogens with zero attached hydrogens (tertiary/aromatic N) is 3. The molecule has 0 saturated carbocycles. The van der Waals surface area contributed by atoms with Gasteiger partial charge >= 0.3 is 0 Å². The standard InChI is InChI=1S/C22H15FN4O2/c23-17-9-14(13-5-6-18-16(8-13)10-20(28)26-18)3-4-15(17)12-27-21(29)11-25-19-2-1-7-24-22(19)27/h1-9,11H,10,12H2,(H,26,28). The number of fused-ring (bicyclic) bond motifs is 2. The maximum absolute atomic E-state index is 14.9. The van der Waals surface area contributed by atoms with E-state index in [1.54, 1.807) is 24.4 Å². The number of carbonyl (C=O) groups is 1. The zero-order chi connectivity index (χ0) is 20.0. The van der Waals surface area contributed by atoms with Gasteiger partial charge in [-0.05, 0) is 47.0 Å². The van der Waals surface area contributed by atoms with Gasteiger partial charge in [-0.2, -0.15) is 0 Å². The van der Waals surface area contributed by atoms with Crippen LogP contribution in [-0.4, -0.2) is 20.4 Å². The topological polar surface area (TPSA) is 76.9 Å². The Morgan fingerprint density at radius 3 is 2.72 bits per heavy atom. The highest BCUT2D eigenvalue weighted by molar-refractivity contribution is 5.99. The zero-order valence-electron chi connectivity index (χ0n) is 15.2. The molecule has 1 aliphatic rings. The lowest BCUT2D eigenvalue weighted by Crippen LogP contribution is -2.22. The summed E-state index contributed by atoms with van der Waals surface area (Å²) in [6.45, 7) is 0.0591. The Hall–Kier alpha value is -3.87. The molecule has 1 N–H and O–H groups in total. The van der Waals surface area contributed by atoms with Crippen LogP contribution >= 0.6 is 0 Å². The average Bonchev–Trinajstić information content (AvgIpc) is 3.10. The molecule has 29 heavy (non-hydrogen) atoms. The van der Waals surface area contributed by atoms with Gasteiger partial charge in [-0.15, -0.1) is 0 Å². The molecule has 6 nitrogen and oxygen atoms in total. The first-order chi connectivity index (χ1) is 14.1. The molecule has 7 heteroatoms. The van der Waals surface area contributed by atoms with Gasteiger partial charge in [0.25, 0.3) is 5.56 Å². The van der Waals surface area contributed by atoms with Crippen molar-refractivity contribution in [2.24, 2.45) is 0 Å². The van der Waals surface area contributed by atoms with Crippen LogP contribution in [0.1, 0.15) is 11.1 Å². The van der Waals surface area contributed by atoms with Crippen LogP contribution in [0.25, 0.3) is 22.3 Å². The van der Waals surface area contributed by atoms with Crippen LogP contribution in [0.2, 0.25) is 0 Å². The van der Waals surface area contributed by atoms with E-state index in [9.17, 15) is 14.0 Å². The van der Waals surface area contributed by atoms with Crippen molar-refractivity contribution in [1.82, 2.24) is 14.5 Å². The van der Waals surface area contributed by atoms with Gasteiger partial charge in [0.1, 0.15) is 11.3 Å². The lowest BCUT2D eigenvalue weighted by atomic mass is 10.00. The molecule has 4 aromatic rings. The van der Waals surface area contributed by atoms with Gasteiger partial charge < -0.3 is 5.32 Å². The fourth-order valence-electron chi connectivity index (χ4n) is 3.58. The summed E-state index contributed by atoms with van der Waals surface area (Å²) in [6, 6.07) is 14.0. The molecule has 0 bridgehead atoms. The first-order valence-corrected chi connectivity index (χ1v) is 9.11. The van der Waals surface area contributed by atoms with Gasteiger partial charge in [-0.25, -0.2) is 14.4 Å². The minimum Gasteiger partial charge on any atom is -0.326 e. The van der Waals surface area contributed by atoms with E-state index in [1.807, 2.05) is 24.3 Å². The van der Waals surface area contributed by atoms with Crippen molar-refractivity contribution >= 4 is 22.8 Å². The van der Waals surface area contributed by atoms with Crippen molar-refractivity contribution in [1.29, 1.82) is 0 Å². The molecule has 142 valence electrons. The number of carbonyl (C=O) groups excluding carboxylic acids is 1. The minimum absolute atomic E-state index is 0.0395. The zero-order valence-corrected chi connectivity index (χ0v) is 15.2. The monoisotopic (exact) mass is 386 g/mol. The molecule has 2 aromatic heterocycles. The van der Waals surface area contributed by atoms with Crippen molar-refractivity contribution in [3.63, 3.8) is 0 Å². The largest absolute Gasteiger partial charge is 0.326 e. The first kappa shape index (κ1) is 17.2. The molecule has 5 rings (SSSR count). The summed E-state index contributed by atoms with van der Waals surface area (Å²) in [5.74, 6) is -0.452. The van der Waals surface area contributed by atoms with Gasteiger partial charge in [0.05, 0.1) is 19.2 Å². The fraction of sp³-hybridized carbons (Fsp3) is 0.0909.